The van der Waals surface area contributed by atoms with E-state index in [1.54, 1.807) is 54.6 Å². The lowest BCUT2D eigenvalue weighted by molar-refractivity contribution is -0.222. The number of cyclic esters (lactones) is 2. The third kappa shape index (κ3) is 3.32. The van der Waals surface area contributed by atoms with Gasteiger partial charge in [0.25, 0.3) is 17.6 Å². The van der Waals surface area contributed by atoms with Crippen LogP contribution in [0.1, 0.15) is 34.6 Å². The molecule has 0 spiro atoms. The molecular weight excluding hydrogens is 424 g/mol. The van der Waals surface area contributed by atoms with Crippen LogP contribution in [-0.4, -0.2) is 29.5 Å². The summed E-state index contributed by atoms with van der Waals surface area (Å²) in [4.78, 5) is 52.0. The molecule has 0 unspecified atom stereocenters. The lowest BCUT2D eigenvalue weighted by Gasteiger charge is -2.30. The Labute approximate surface area is 188 Å². The maximum absolute atomic E-state index is 13.2. The fourth-order valence-electron chi connectivity index (χ4n) is 3.96. The number of amides is 2. The summed E-state index contributed by atoms with van der Waals surface area (Å²) < 4.78 is 10.2. The molecule has 1 N–H and O–H groups in total. The molecule has 3 aromatic rings. The molecule has 0 aromatic heterocycles. The third-order valence-electron chi connectivity index (χ3n) is 5.41. The van der Waals surface area contributed by atoms with Crippen LogP contribution in [0.25, 0.3) is 10.8 Å². The minimum absolute atomic E-state index is 0.294. The number of esters is 2. The molecule has 8 heteroatoms. The summed E-state index contributed by atoms with van der Waals surface area (Å²) in [5.74, 6) is -3.81. The van der Waals surface area contributed by atoms with E-state index < -0.39 is 29.5 Å². The third-order valence-corrected chi connectivity index (χ3v) is 5.41. The number of nitrogens with one attached hydrogen (secondary N) is 1. The van der Waals surface area contributed by atoms with Crippen LogP contribution in [0.2, 0.25) is 0 Å². The first-order valence-corrected chi connectivity index (χ1v) is 10.2. The molecule has 2 amide bonds. The second-order valence-electron chi connectivity index (χ2n) is 8.05. The number of ether oxygens (including phenoxy) is 2. The second kappa shape index (κ2) is 7.30. The number of anilines is 2. The van der Waals surface area contributed by atoms with Gasteiger partial charge in [-0.05, 0) is 30.3 Å². The molecule has 33 heavy (non-hydrogen) atoms. The van der Waals surface area contributed by atoms with Gasteiger partial charge in [0.15, 0.2) is 5.57 Å². The Hall–Kier alpha value is -4.46. The normalized spacial score (nSPS) is 17.0. The minimum atomic E-state index is -1.34. The van der Waals surface area contributed by atoms with Crippen LogP contribution < -0.4 is 10.2 Å². The topological polar surface area (TPSA) is 102 Å². The quantitative estimate of drug-likeness (QED) is 0.285. The number of hydrogen-bond donors (Lipinski definition) is 1. The zero-order valence-corrected chi connectivity index (χ0v) is 17.7. The fourth-order valence-corrected chi connectivity index (χ4v) is 3.96. The predicted octanol–water partition coefficient (Wildman–Crippen LogP) is 3.77. The van der Waals surface area contributed by atoms with Gasteiger partial charge in [0.05, 0.1) is 5.69 Å². The highest BCUT2D eigenvalue weighted by Gasteiger charge is 2.39. The number of imide groups is 1. The summed E-state index contributed by atoms with van der Waals surface area (Å²) in [5, 5.41) is 4.01. The highest BCUT2D eigenvalue weighted by atomic mass is 16.7. The molecule has 3 aromatic carbocycles. The highest BCUT2D eigenvalue weighted by Crippen LogP contribution is 2.36. The van der Waals surface area contributed by atoms with E-state index in [0.29, 0.717) is 33.3 Å². The Morgan fingerprint density at radius 2 is 1.42 bits per heavy atom. The van der Waals surface area contributed by atoms with Crippen molar-refractivity contribution in [2.24, 2.45) is 0 Å². The van der Waals surface area contributed by atoms with Gasteiger partial charge >= 0.3 is 11.9 Å². The van der Waals surface area contributed by atoms with Crippen LogP contribution >= 0.6 is 0 Å². The predicted molar refractivity (Wildman–Crippen MR) is 119 cm³/mol. The van der Waals surface area contributed by atoms with Crippen molar-refractivity contribution in [1.29, 1.82) is 0 Å². The van der Waals surface area contributed by atoms with E-state index in [1.165, 1.54) is 20.0 Å². The van der Waals surface area contributed by atoms with E-state index in [1.807, 2.05) is 6.07 Å². The monoisotopic (exact) mass is 442 g/mol. The average Bonchev–Trinajstić information content (AvgIpc) is 2.77. The smallest absolute Gasteiger partial charge is 0.350 e. The first-order valence-electron chi connectivity index (χ1n) is 10.2. The molecule has 0 aliphatic carbocycles. The number of benzene rings is 3. The Bertz CT molecular complexity index is 1350. The molecule has 0 bridgehead atoms. The maximum atomic E-state index is 13.2. The molecule has 164 valence electrons. The fraction of sp³-hybridized carbons (Fsp3) is 0.120. The van der Waals surface area contributed by atoms with Crippen LogP contribution in [0, 0.1) is 0 Å². The van der Waals surface area contributed by atoms with Crippen LogP contribution in [0.3, 0.4) is 0 Å². The van der Waals surface area contributed by atoms with Gasteiger partial charge in [0.1, 0.15) is 0 Å². The lowest BCUT2D eigenvalue weighted by Crippen LogP contribution is -2.42. The molecule has 2 heterocycles. The van der Waals surface area contributed by atoms with Crippen molar-refractivity contribution < 1.29 is 28.7 Å². The van der Waals surface area contributed by atoms with Crippen molar-refractivity contribution in [2.45, 2.75) is 19.6 Å². The van der Waals surface area contributed by atoms with Crippen LogP contribution in [0.15, 0.2) is 72.4 Å². The van der Waals surface area contributed by atoms with Gasteiger partial charge < -0.3 is 14.8 Å². The largest absolute Gasteiger partial charge is 0.419 e. The Morgan fingerprint density at radius 3 is 2.09 bits per heavy atom. The van der Waals surface area contributed by atoms with Crippen molar-refractivity contribution in [2.75, 3.05) is 10.2 Å². The summed E-state index contributed by atoms with van der Waals surface area (Å²) in [6, 6.07) is 17.1. The molecule has 2 aliphatic heterocycles. The van der Waals surface area contributed by atoms with Gasteiger partial charge in [-0.25, -0.2) is 14.5 Å². The van der Waals surface area contributed by atoms with E-state index in [9.17, 15) is 19.2 Å². The lowest BCUT2D eigenvalue weighted by atomic mass is 9.92. The van der Waals surface area contributed by atoms with E-state index in [0.717, 1.165) is 4.90 Å². The van der Waals surface area contributed by atoms with Gasteiger partial charge in [0.2, 0.25) is 0 Å². The van der Waals surface area contributed by atoms with Crippen molar-refractivity contribution in [3.8, 4) is 0 Å². The Morgan fingerprint density at radius 1 is 0.788 bits per heavy atom. The molecule has 0 radical (unpaired) electrons. The average molecular weight is 442 g/mol. The summed E-state index contributed by atoms with van der Waals surface area (Å²) in [6.45, 7) is 2.93. The Kier molecular flexibility index (Phi) is 4.52. The molecule has 1 fully saturated rings. The molecule has 0 saturated carbocycles. The zero-order chi connectivity index (χ0) is 23.3. The number of para-hydroxylation sites is 1. The number of nitrogens with zero attached hydrogens (tertiary/aromatic N) is 1. The van der Waals surface area contributed by atoms with Crippen molar-refractivity contribution in [3.05, 3.63) is 83.6 Å². The van der Waals surface area contributed by atoms with Crippen LogP contribution in [0.4, 0.5) is 11.4 Å². The number of rotatable bonds is 3. The van der Waals surface area contributed by atoms with Crippen molar-refractivity contribution >= 4 is 45.9 Å². The molecule has 2 aliphatic rings. The Balaban J connectivity index is 1.56. The summed E-state index contributed by atoms with van der Waals surface area (Å²) in [7, 11) is 0. The SMILES string of the molecule is CC1(C)OC(=O)C(=CNc2ccc3c4c(cccc24)C(=O)N(c2ccccc2)C3=O)C(=O)O1. The van der Waals surface area contributed by atoms with Crippen molar-refractivity contribution in [1.82, 2.24) is 0 Å². The van der Waals surface area contributed by atoms with E-state index in [2.05, 4.69) is 5.32 Å². The standard InChI is InChI=1S/C25H18N2O6/c1-25(2)32-23(30)18(24(31)33-25)13-26-19-12-11-17-20-15(19)9-6-10-16(20)21(28)27(22(17)29)14-7-4-3-5-8-14/h3-13,26H,1-2H3. The van der Waals surface area contributed by atoms with E-state index >= 15 is 0 Å². The number of carbonyl (C=O) groups is 4. The molecule has 5 rings (SSSR count). The first-order chi connectivity index (χ1) is 15.8. The zero-order valence-electron chi connectivity index (χ0n) is 17.7. The van der Waals surface area contributed by atoms with Gasteiger partial charge in [0, 0.05) is 47.6 Å². The van der Waals surface area contributed by atoms with Crippen LogP contribution in [-0.2, 0) is 19.1 Å². The maximum Gasteiger partial charge on any atom is 0.350 e. The number of carbonyl (C=O) groups excluding carboxylic acids is 4. The second-order valence-corrected chi connectivity index (χ2v) is 8.05. The van der Waals surface area contributed by atoms with Gasteiger partial charge in [-0.3, -0.25) is 9.59 Å². The van der Waals surface area contributed by atoms with E-state index in [4.69, 9.17) is 9.47 Å². The minimum Gasteiger partial charge on any atom is -0.419 e. The molecule has 1 saturated heterocycles. The number of hydrogen-bond acceptors (Lipinski definition) is 7. The first kappa shape index (κ1) is 20.4. The summed E-state index contributed by atoms with van der Waals surface area (Å²) in [5.41, 5.74) is 1.44. The molecule has 8 nitrogen and oxygen atoms in total. The summed E-state index contributed by atoms with van der Waals surface area (Å²) >= 11 is 0. The highest BCUT2D eigenvalue weighted by molar-refractivity contribution is 6.36. The van der Waals surface area contributed by atoms with Crippen LogP contribution in [0.5, 0.6) is 0 Å². The van der Waals surface area contributed by atoms with Crippen molar-refractivity contribution in [3.63, 3.8) is 0 Å². The molecular formula is C25H18N2O6. The van der Waals surface area contributed by atoms with Gasteiger partial charge in [-0.15, -0.1) is 0 Å². The molecule has 0 atom stereocenters. The van der Waals surface area contributed by atoms with E-state index in [-0.39, 0.29) is 5.57 Å². The summed E-state index contributed by atoms with van der Waals surface area (Å²) in [6.07, 6.45) is 1.20. The van der Waals surface area contributed by atoms with Gasteiger partial charge in [-0.2, -0.15) is 0 Å². The van der Waals surface area contributed by atoms with Gasteiger partial charge in [-0.1, -0.05) is 30.3 Å².